The molecular formula is C15H13Cl2NO. The summed E-state index contributed by atoms with van der Waals surface area (Å²) in [5, 5.41) is 3.51. The van der Waals surface area contributed by atoms with E-state index in [0.717, 1.165) is 16.8 Å². The first kappa shape index (κ1) is 13.9. The summed E-state index contributed by atoms with van der Waals surface area (Å²) in [5.41, 5.74) is 3.19. The highest BCUT2D eigenvalue weighted by atomic mass is 35.5. The first-order chi connectivity index (χ1) is 8.99. The summed E-state index contributed by atoms with van der Waals surface area (Å²) in [6, 6.07) is 10.8. The molecule has 0 spiro atoms. The van der Waals surface area contributed by atoms with Crippen LogP contribution in [-0.2, 0) is 0 Å². The van der Waals surface area contributed by atoms with E-state index in [1.54, 1.807) is 18.2 Å². The minimum absolute atomic E-state index is 0.297. The van der Waals surface area contributed by atoms with Gasteiger partial charge in [0.05, 0.1) is 15.6 Å². The predicted octanol–water partition coefficient (Wildman–Crippen LogP) is 4.86. The average Bonchev–Trinajstić information content (AvgIpc) is 2.32. The van der Waals surface area contributed by atoms with Crippen LogP contribution >= 0.6 is 23.2 Å². The molecule has 0 heterocycles. The predicted molar refractivity (Wildman–Crippen MR) is 80.3 cm³/mol. The van der Waals surface area contributed by atoms with Crippen LogP contribution in [0, 0.1) is 13.8 Å². The van der Waals surface area contributed by atoms with Crippen molar-refractivity contribution in [2.24, 2.45) is 0 Å². The number of carbonyl (C=O) groups excluding carboxylic acids is 1. The van der Waals surface area contributed by atoms with Crippen molar-refractivity contribution in [3.63, 3.8) is 0 Å². The molecule has 2 rings (SSSR count). The van der Waals surface area contributed by atoms with E-state index >= 15 is 0 Å². The van der Waals surface area contributed by atoms with Crippen LogP contribution in [-0.4, -0.2) is 5.91 Å². The van der Waals surface area contributed by atoms with Gasteiger partial charge in [0.2, 0.25) is 0 Å². The third-order valence-electron chi connectivity index (χ3n) is 2.82. The molecule has 1 amide bonds. The Morgan fingerprint density at radius 2 is 1.68 bits per heavy atom. The fraction of sp³-hybridized carbons (Fsp3) is 0.133. The van der Waals surface area contributed by atoms with Crippen molar-refractivity contribution >= 4 is 34.8 Å². The molecule has 2 aromatic rings. The zero-order valence-corrected chi connectivity index (χ0v) is 12.1. The van der Waals surface area contributed by atoms with Crippen LogP contribution in [0.1, 0.15) is 21.5 Å². The van der Waals surface area contributed by atoms with Crippen molar-refractivity contribution < 1.29 is 4.79 Å². The molecule has 0 fully saturated rings. The molecule has 0 aromatic heterocycles. The SMILES string of the molecule is Cc1ccc(NC(=O)c2c(Cl)cccc2Cl)c(C)c1. The molecule has 0 unspecified atom stereocenters. The van der Waals surface area contributed by atoms with Gasteiger partial charge in [-0.25, -0.2) is 0 Å². The molecule has 0 aliphatic heterocycles. The Bertz CT molecular complexity index is 618. The van der Waals surface area contributed by atoms with Gasteiger partial charge >= 0.3 is 0 Å². The van der Waals surface area contributed by atoms with Gasteiger partial charge in [-0.15, -0.1) is 0 Å². The molecule has 0 bridgehead atoms. The summed E-state index contributed by atoms with van der Waals surface area (Å²) < 4.78 is 0. The lowest BCUT2D eigenvalue weighted by Gasteiger charge is -2.11. The number of nitrogens with one attached hydrogen (secondary N) is 1. The van der Waals surface area contributed by atoms with Crippen LogP contribution in [0.4, 0.5) is 5.69 Å². The molecule has 19 heavy (non-hydrogen) atoms. The Morgan fingerprint density at radius 3 is 2.26 bits per heavy atom. The number of amides is 1. The van der Waals surface area contributed by atoms with Gasteiger partial charge in [-0.3, -0.25) is 4.79 Å². The van der Waals surface area contributed by atoms with Gasteiger partial charge in [-0.2, -0.15) is 0 Å². The highest BCUT2D eigenvalue weighted by Gasteiger charge is 2.15. The van der Waals surface area contributed by atoms with Crippen LogP contribution in [0.2, 0.25) is 10.0 Å². The van der Waals surface area contributed by atoms with Crippen LogP contribution in [0.15, 0.2) is 36.4 Å². The van der Waals surface area contributed by atoms with E-state index in [2.05, 4.69) is 5.32 Å². The molecule has 2 aromatic carbocycles. The van der Waals surface area contributed by atoms with Crippen LogP contribution < -0.4 is 5.32 Å². The lowest BCUT2D eigenvalue weighted by Crippen LogP contribution is -2.14. The topological polar surface area (TPSA) is 29.1 Å². The minimum Gasteiger partial charge on any atom is -0.322 e. The van der Waals surface area contributed by atoms with Gasteiger partial charge in [-0.05, 0) is 37.6 Å². The maximum absolute atomic E-state index is 12.2. The van der Waals surface area contributed by atoms with Crippen molar-refractivity contribution in [3.8, 4) is 0 Å². The lowest BCUT2D eigenvalue weighted by molar-refractivity contribution is 0.102. The van der Waals surface area contributed by atoms with E-state index in [4.69, 9.17) is 23.2 Å². The van der Waals surface area contributed by atoms with Gasteiger partial charge in [0.25, 0.3) is 5.91 Å². The van der Waals surface area contributed by atoms with E-state index in [0.29, 0.717) is 15.6 Å². The Hall–Kier alpha value is -1.51. The van der Waals surface area contributed by atoms with E-state index in [-0.39, 0.29) is 5.91 Å². The van der Waals surface area contributed by atoms with E-state index in [9.17, 15) is 4.79 Å². The van der Waals surface area contributed by atoms with Crippen LogP contribution in [0.25, 0.3) is 0 Å². The van der Waals surface area contributed by atoms with Crippen molar-refractivity contribution in [1.82, 2.24) is 0 Å². The number of benzene rings is 2. The molecular weight excluding hydrogens is 281 g/mol. The summed E-state index contributed by atoms with van der Waals surface area (Å²) >= 11 is 12.0. The highest BCUT2D eigenvalue weighted by Crippen LogP contribution is 2.26. The molecule has 0 saturated heterocycles. The van der Waals surface area contributed by atoms with Crippen molar-refractivity contribution in [2.45, 2.75) is 13.8 Å². The van der Waals surface area contributed by atoms with E-state index < -0.39 is 0 Å². The number of hydrogen-bond acceptors (Lipinski definition) is 1. The molecule has 0 radical (unpaired) electrons. The normalized spacial score (nSPS) is 10.3. The van der Waals surface area contributed by atoms with Crippen molar-refractivity contribution in [1.29, 1.82) is 0 Å². The molecule has 0 aliphatic rings. The third kappa shape index (κ3) is 3.09. The molecule has 0 saturated carbocycles. The van der Waals surface area contributed by atoms with Crippen molar-refractivity contribution in [2.75, 3.05) is 5.32 Å². The molecule has 0 aliphatic carbocycles. The van der Waals surface area contributed by atoms with E-state index in [1.807, 2.05) is 32.0 Å². The highest BCUT2D eigenvalue weighted by molar-refractivity contribution is 6.40. The third-order valence-corrected chi connectivity index (χ3v) is 3.45. The zero-order chi connectivity index (χ0) is 14.0. The van der Waals surface area contributed by atoms with Gasteiger partial charge in [0, 0.05) is 5.69 Å². The summed E-state index contributed by atoms with van der Waals surface area (Å²) in [6.07, 6.45) is 0. The Morgan fingerprint density at radius 1 is 1.05 bits per heavy atom. The summed E-state index contributed by atoms with van der Waals surface area (Å²) in [5.74, 6) is -0.303. The Balaban J connectivity index is 2.31. The minimum atomic E-state index is -0.303. The maximum Gasteiger partial charge on any atom is 0.258 e. The standard InChI is InChI=1S/C15H13Cl2NO/c1-9-6-7-13(10(2)8-9)18-15(19)14-11(16)4-3-5-12(14)17/h3-8H,1-2H3,(H,18,19). The summed E-state index contributed by atoms with van der Waals surface area (Å²) in [7, 11) is 0. The van der Waals surface area contributed by atoms with E-state index in [1.165, 1.54) is 0 Å². The number of halogens is 2. The quantitative estimate of drug-likeness (QED) is 0.841. The number of rotatable bonds is 2. The molecule has 1 N–H and O–H groups in total. The Kier molecular flexibility index (Phi) is 4.13. The summed E-state index contributed by atoms with van der Waals surface area (Å²) in [4.78, 5) is 12.2. The van der Waals surface area contributed by atoms with Gasteiger partial charge in [0.1, 0.15) is 0 Å². The smallest absolute Gasteiger partial charge is 0.258 e. The zero-order valence-electron chi connectivity index (χ0n) is 10.6. The fourth-order valence-corrected chi connectivity index (χ4v) is 2.42. The second-order valence-electron chi connectivity index (χ2n) is 4.37. The summed E-state index contributed by atoms with van der Waals surface area (Å²) in [6.45, 7) is 3.94. The molecule has 2 nitrogen and oxygen atoms in total. The first-order valence-electron chi connectivity index (χ1n) is 5.81. The number of anilines is 1. The monoisotopic (exact) mass is 293 g/mol. The maximum atomic E-state index is 12.2. The number of aryl methyl sites for hydroxylation is 2. The Labute approximate surface area is 122 Å². The van der Waals surface area contributed by atoms with Crippen molar-refractivity contribution in [3.05, 3.63) is 63.1 Å². The largest absolute Gasteiger partial charge is 0.322 e. The number of carbonyl (C=O) groups is 1. The van der Waals surface area contributed by atoms with Crippen LogP contribution in [0.5, 0.6) is 0 Å². The molecule has 4 heteroatoms. The van der Waals surface area contributed by atoms with Gasteiger partial charge in [-0.1, -0.05) is 47.0 Å². The van der Waals surface area contributed by atoms with Gasteiger partial charge in [0.15, 0.2) is 0 Å². The molecule has 98 valence electrons. The first-order valence-corrected chi connectivity index (χ1v) is 6.57. The second-order valence-corrected chi connectivity index (χ2v) is 5.18. The van der Waals surface area contributed by atoms with Gasteiger partial charge < -0.3 is 5.32 Å². The average molecular weight is 294 g/mol. The van der Waals surface area contributed by atoms with Crippen LogP contribution in [0.3, 0.4) is 0 Å². The second kappa shape index (κ2) is 5.64. The molecule has 0 atom stereocenters. The fourth-order valence-electron chi connectivity index (χ4n) is 1.85. The lowest BCUT2D eigenvalue weighted by atomic mass is 10.1. The number of hydrogen-bond donors (Lipinski definition) is 1.